The number of fused-ring (bicyclic) bond motifs is 6. The van der Waals surface area contributed by atoms with E-state index < -0.39 is 72.2 Å². The Hall–Kier alpha value is -11.5. The molecule has 6 amide bonds. The number of tetrazole rings is 2. The lowest BCUT2D eigenvalue weighted by atomic mass is 9.98. The largest absolute Gasteiger partial charge is 0.448 e. The number of hydrogen-bond donors (Lipinski definition) is 4. The lowest BCUT2D eigenvalue weighted by Crippen LogP contribution is -2.58. The van der Waals surface area contributed by atoms with Crippen LogP contribution in [0.2, 0.25) is 0 Å². The molecule has 4 N–H and O–H groups in total. The number of likely N-dealkylation sites (tertiary alicyclic amines) is 2. The molecule has 0 radical (unpaired) electrons. The first kappa shape index (κ1) is 72.3. The van der Waals surface area contributed by atoms with Gasteiger partial charge in [-0.05, 0) is 142 Å². The van der Waals surface area contributed by atoms with Crippen molar-refractivity contribution in [2.45, 2.75) is 140 Å². The second-order valence-electron chi connectivity index (χ2n) is 26.5. The second kappa shape index (κ2) is 34.0. The highest BCUT2D eigenvalue weighted by Crippen LogP contribution is 2.46. The number of amides is 6. The van der Waals surface area contributed by atoms with Gasteiger partial charge in [0.15, 0.2) is 0 Å². The van der Waals surface area contributed by atoms with Crippen LogP contribution in [0.1, 0.15) is 98.6 Å². The molecule has 0 saturated carbocycles. The zero-order valence-corrected chi connectivity index (χ0v) is 59.1. The first-order chi connectivity index (χ1) is 50.6. The minimum atomic E-state index is -1.24. The van der Waals surface area contributed by atoms with Gasteiger partial charge in [0, 0.05) is 52.1 Å². The first-order valence-corrected chi connectivity index (χ1v) is 35.3. The number of hydrogen-bond acceptors (Lipinski definition) is 18. The molecule has 4 heterocycles. The fourth-order valence-electron chi connectivity index (χ4n) is 13.9. The van der Waals surface area contributed by atoms with Crippen LogP contribution in [0.4, 0.5) is 21.5 Å². The molecule has 0 bridgehead atoms. The lowest BCUT2D eigenvalue weighted by molar-refractivity contribution is -0.142. The summed E-state index contributed by atoms with van der Waals surface area (Å²) >= 11 is 0. The standard InChI is InChI=1S/C78H86N16O10/c1-51(89(5)77(99)103-49-67-63-37-19-15-33-59(63)60-34-16-20-38-64(60)67)71(95)81-69(73(97)91-41-25-31-57(91)47-93-75(83-85-87-93)79-45-55-27-11-9-12-28-55)53(3)101-43-23-7-8-24-44-102-54(4)70(74(98)92-42-26-32-58(92)48-94-76(84-86-88-94)80-46-56-29-13-10-14-30-56)82-72(96)52(2)90(6)78(100)104-50-68-65-39-21-17-35-61(65)62-36-18-22-40-66(62)68/h9-22,27-30,33-40,51-54,57-58,67-70H,25-26,31-32,41-50H2,1-6H3,(H,81,95)(H,82,96)(H,79,83,87)(H,80,84,88)/t51-,52-,53?,54?,57-,58-,69-,70-/m0/s1. The Morgan fingerprint density at radius 3 is 1.20 bits per heavy atom. The minimum Gasteiger partial charge on any atom is -0.448 e. The SMILES string of the molecule is CC(OCC#CC#CCOC(C)[C@H](NC(=O)[C@H](C)N(C)C(=O)OCC1c2ccccc2-c2ccccc21)C(=O)N1CCC[C@H]1Cn1nnnc1NCc1ccccc1)[C@H](NC(=O)[C@H](C)N(C)C(=O)OCC1c2ccccc2-c2ccccc21)C(=O)N1CCC[C@H]1Cn1nnnc1NCc1ccccc1. The molecule has 0 spiro atoms. The number of nitrogens with one attached hydrogen (secondary N) is 4. The summed E-state index contributed by atoms with van der Waals surface area (Å²) in [5, 5.41) is 37.2. The molecule has 4 aliphatic rings. The quantitative estimate of drug-likeness (QED) is 0.0339. The Morgan fingerprint density at radius 2 is 0.837 bits per heavy atom. The molecule has 2 saturated heterocycles. The van der Waals surface area contributed by atoms with Crippen LogP contribution in [0.15, 0.2) is 158 Å². The van der Waals surface area contributed by atoms with Crippen LogP contribution >= 0.6 is 0 Å². The van der Waals surface area contributed by atoms with Crippen LogP contribution in [0.5, 0.6) is 0 Å². The summed E-state index contributed by atoms with van der Waals surface area (Å²) in [7, 11) is 2.96. The van der Waals surface area contributed by atoms with Crippen LogP contribution in [0.25, 0.3) is 22.3 Å². The van der Waals surface area contributed by atoms with Crippen molar-refractivity contribution in [3.63, 3.8) is 0 Å². The number of carbonyl (C=O) groups excluding carboxylic acids is 6. The monoisotopic (exact) mass is 1410 g/mol. The van der Waals surface area contributed by atoms with Crippen LogP contribution in [-0.2, 0) is 64.3 Å². The Kier molecular flexibility index (Phi) is 23.6. The third kappa shape index (κ3) is 16.8. The zero-order valence-electron chi connectivity index (χ0n) is 59.1. The van der Waals surface area contributed by atoms with E-state index in [1.54, 1.807) is 46.9 Å². The van der Waals surface area contributed by atoms with Gasteiger partial charge in [-0.15, -0.1) is 0 Å². The summed E-state index contributed by atoms with van der Waals surface area (Å²) in [6, 6.07) is 46.4. The third-order valence-corrected chi connectivity index (χ3v) is 20.0. The average Bonchev–Trinajstić information content (AvgIpc) is 1.62. The van der Waals surface area contributed by atoms with E-state index in [1.165, 1.54) is 23.9 Å². The molecule has 12 rings (SSSR count). The number of ether oxygens (including phenoxy) is 4. The summed E-state index contributed by atoms with van der Waals surface area (Å²) in [6.07, 6.45) is -0.690. The topological polar surface area (TPSA) is 288 Å². The maximum absolute atomic E-state index is 15.0. The van der Waals surface area contributed by atoms with Crippen molar-refractivity contribution in [2.75, 3.05) is 64.2 Å². The van der Waals surface area contributed by atoms with Gasteiger partial charge >= 0.3 is 12.2 Å². The van der Waals surface area contributed by atoms with Crippen molar-refractivity contribution >= 4 is 47.7 Å². The second-order valence-corrected chi connectivity index (χ2v) is 26.5. The lowest BCUT2D eigenvalue weighted by Gasteiger charge is -2.33. The normalized spacial score (nSPS) is 16.6. The molecule has 8 atom stereocenters. The molecule has 104 heavy (non-hydrogen) atoms. The molecule has 2 aliphatic carbocycles. The molecule has 2 fully saturated rings. The first-order valence-electron chi connectivity index (χ1n) is 35.3. The van der Waals surface area contributed by atoms with E-state index in [0.717, 1.165) is 55.6 Å². The highest BCUT2D eigenvalue weighted by Gasteiger charge is 2.42. The van der Waals surface area contributed by atoms with Crippen molar-refractivity contribution < 1.29 is 47.7 Å². The zero-order chi connectivity index (χ0) is 72.6. The van der Waals surface area contributed by atoms with Crippen LogP contribution in [0.3, 0.4) is 0 Å². The van der Waals surface area contributed by atoms with Gasteiger partial charge in [0.05, 0.1) is 37.4 Å². The summed E-state index contributed by atoms with van der Waals surface area (Å²) in [5.74, 6) is 9.74. The van der Waals surface area contributed by atoms with Gasteiger partial charge in [-0.3, -0.25) is 29.0 Å². The minimum absolute atomic E-state index is 0.0477. The van der Waals surface area contributed by atoms with Crippen molar-refractivity contribution in [1.29, 1.82) is 0 Å². The highest BCUT2D eigenvalue weighted by atomic mass is 16.6. The third-order valence-electron chi connectivity index (χ3n) is 20.0. The molecule has 26 heteroatoms. The highest BCUT2D eigenvalue weighted by molar-refractivity contribution is 5.93. The van der Waals surface area contributed by atoms with E-state index in [2.05, 4.69) is 100 Å². The summed E-state index contributed by atoms with van der Waals surface area (Å²) in [5.41, 5.74) is 10.6. The predicted molar refractivity (Wildman–Crippen MR) is 387 cm³/mol. The molecular formula is C78H86N16O10. The Bertz CT molecular complexity index is 4100. The van der Waals surface area contributed by atoms with Crippen LogP contribution in [-0.4, -0.2) is 198 Å². The molecule has 2 aliphatic heterocycles. The Morgan fingerprint density at radius 1 is 0.490 bits per heavy atom. The van der Waals surface area contributed by atoms with E-state index >= 15 is 0 Å². The van der Waals surface area contributed by atoms with E-state index in [1.807, 2.05) is 133 Å². The average molecular weight is 1410 g/mol. The number of nitrogens with zero attached hydrogens (tertiary/aromatic N) is 12. The van der Waals surface area contributed by atoms with Crippen LogP contribution < -0.4 is 21.3 Å². The van der Waals surface area contributed by atoms with Gasteiger partial charge in [0.25, 0.3) is 0 Å². The van der Waals surface area contributed by atoms with Crippen molar-refractivity contribution in [1.82, 2.24) is 70.6 Å². The number of rotatable bonds is 28. The molecule has 538 valence electrons. The van der Waals surface area contributed by atoms with Gasteiger partial charge in [-0.1, -0.05) is 180 Å². The molecule has 6 aromatic carbocycles. The molecule has 2 aromatic heterocycles. The Labute approximate surface area is 604 Å². The van der Waals surface area contributed by atoms with Gasteiger partial charge in [-0.25, -0.2) is 19.0 Å². The van der Waals surface area contributed by atoms with Crippen LogP contribution in [0, 0.1) is 23.7 Å². The number of benzene rings is 6. The Balaban J connectivity index is 0.697. The van der Waals surface area contributed by atoms with Crippen molar-refractivity contribution in [3.8, 4) is 45.9 Å². The van der Waals surface area contributed by atoms with E-state index in [9.17, 15) is 28.8 Å². The van der Waals surface area contributed by atoms with E-state index in [-0.39, 0.29) is 63.4 Å². The van der Waals surface area contributed by atoms with Gasteiger partial charge in [-0.2, -0.15) is 0 Å². The summed E-state index contributed by atoms with van der Waals surface area (Å²) in [6.45, 7) is 8.41. The fraction of sp³-hybridized carbons (Fsp3) is 0.385. The summed E-state index contributed by atoms with van der Waals surface area (Å²) < 4.78 is 27.5. The van der Waals surface area contributed by atoms with E-state index in [0.29, 0.717) is 63.8 Å². The number of anilines is 2. The van der Waals surface area contributed by atoms with Crippen molar-refractivity contribution in [2.24, 2.45) is 0 Å². The van der Waals surface area contributed by atoms with E-state index in [4.69, 9.17) is 18.9 Å². The molecular weight excluding hydrogens is 1320 g/mol. The van der Waals surface area contributed by atoms with Gasteiger partial charge in [0.2, 0.25) is 35.5 Å². The van der Waals surface area contributed by atoms with Gasteiger partial charge < -0.3 is 50.0 Å². The maximum atomic E-state index is 15.0. The fourth-order valence-corrected chi connectivity index (χ4v) is 13.9. The molecule has 2 unspecified atom stereocenters. The smallest absolute Gasteiger partial charge is 0.410 e. The molecule has 8 aromatic rings. The predicted octanol–water partition coefficient (Wildman–Crippen LogP) is 7.89. The maximum Gasteiger partial charge on any atom is 0.410 e. The molecule has 26 nitrogen and oxygen atoms in total. The number of aromatic nitrogens is 8. The summed E-state index contributed by atoms with van der Waals surface area (Å²) in [4.78, 5) is 92.2. The number of likely N-dealkylation sites (N-methyl/N-ethyl adjacent to an activating group) is 2. The van der Waals surface area contributed by atoms with Gasteiger partial charge in [0.1, 0.15) is 50.6 Å². The number of carbonyl (C=O) groups is 6. The van der Waals surface area contributed by atoms with Crippen molar-refractivity contribution in [3.05, 3.63) is 191 Å².